The molecule has 6 fully saturated rings. The van der Waals surface area contributed by atoms with Crippen molar-refractivity contribution in [2.75, 3.05) is 60.4 Å². The first kappa shape index (κ1) is 111. The highest BCUT2D eigenvalue weighted by Crippen LogP contribution is 2.54. The average Bonchev–Trinajstić information content (AvgIpc) is 1.52. The van der Waals surface area contributed by atoms with E-state index >= 15 is 0 Å². The van der Waals surface area contributed by atoms with E-state index in [1.54, 1.807) is 165 Å². The fourth-order valence-corrected chi connectivity index (χ4v) is 21.1. The molecule has 2 unspecified atom stereocenters. The number of hydrogen-bond acceptors (Lipinski definition) is 24. The van der Waals surface area contributed by atoms with Crippen LogP contribution in [0.2, 0.25) is 0 Å². The maximum Gasteiger partial charge on any atom is 0.333 e. The maximum absolute atomic E-state index is 14.5. The number of aliphatic carboxylic acids is 1. The van der Waals surface area contributed by atoms with E-state index in [0.29, 0.717) is 95.2 Å². The predicted octanol–water partition coefficient (Wildman–Crippen LogP) is 17.5. The first-order valence-corrected chi connectivity index (χ1v) is 42.7. The molecule has 12 aliphatic heterocycles. The topological polar surface area (TPSA) is 309 Å². The number of benzene rings is 6. The van der Waals surface area contributed by atoms with Crippen molar-refractivity contribution in [2.45, 2.75) is 267 Å². The highest BCUT2D eigenvalue weighted by molar-refractivity contribution is 5.84. The number of aliphatic hydroxyl groups excluding tert-OH is 2. The van der Waals surface area contributed by atoms with Gasteiger partial charge in [0, 0.05) is 82.0 Å². The van der Waals surface area contributed by atoms with E-state index in [1.807, 2.05) is 34.6 Å². The molecular formula is C101H136F7N7O19. The molecule has 738 valence electrons. The molecule has 33 heteroatoms. The van der Waals surface area contributed by atoms with E-state index in [9.17, 15) is 60.4 Å². The maximum atomic E-state index is 14.5. The smallest absolute Gasteiger partial charge is 0.333 e. The lowest BCUT2D eigenvalue weighted by atomic mass is 9.73. The van der Waals surface area contributed by atoms with Crippen molar-refractivity contribution in [2.24, 2.45) is 65.5 Å². The summed E-state index contributed by atoms with van der Waals surface area (Å²) in [6, 6.07) is 39.0. The van der Waals surface area contributed by atoms with Gasteiger partial charge < -0.3 is 72.2 Å². The van der Waals surface area contributed by atoms with Crippen LogP contribution in [0.1, 0.15) is 182 Å². The number of ether oxygens (including phenoxy) is 12. The minimum Gasteiger partial charge on any atom is -0.479 e. The summed E-state index contributed by atoms with van der Waals surface area (Å²) < 4.78 is 167. The van der Waals surface area contributed by atoms with Gasteiger partial charge in [-0.25, -0.2) is 70.5 Å². The van der Waals surface area contributed by atoms with Gasteiger partial charge in [0.25, 0.3) is 5.91 Å². The fraction of sp³-hybridized carbons (Fsp3) is 0.554. The summed E-state index contributed by atoms with van der Waals surface area (Å²) in [6.07, 6.45) is -7.56. The molecule has 0 saturated carbocycles. The molecule has 26 nitrogen and oxygen atoms in total. The van der Waals surface area contributed by atoms with Gasteiger partial charge in [-0.15, -0.1) is 0 Å². The third-order valence-corrected chi connectivity index (χ3v) is 26.4. The zero-order chi connectivity index (χ0) is 92.6. The van der Waals surface area contributed by atoms with E-state index in [-0.39, 0.29) is 165 Å². The molecule has 0 bridgehead atoms. The predicted molar refractivity (Wildman–Crippen MR) is 498 cm³/mol. The summed E-state index contributed by atoms with van der Waals surface area (Å²) in [7, 11) is 2.91. The Labute approximate surface area is 783 Å². The van der Waals surface area contributed by atoms with Gasteiger partial charge in [-0.05, 0) is 98.7 Å². The Kier molecular flexibility index (Phi) is 37.1. The third kappa shape index (κ3) is 21.5. The zero-order valence-corrected chi connectivity index (χ0v) is 74.5. The Morgan fingerprint density at radius 3 is 0.896 bits per heavy atom. The minimum atomic E-state index is -1.16. The molecular weight excluding hydrogens is 1750 g/mol. The lowest BCUT2D eigenvalue weighted by Gasteiger charge is -2.42. The monoisotopic (exact) mass is 1880 g/mol. The van der Waals surface area contributed by atoms with Crippen LogP contribution < -0.4 is 0 Å². The lowest BCUT2D eigenvalue weighted by Crippen LogP contribution is -2.51. The highest BCUT2D eigenvalue weighted by Gasteiger charge is 2.63. The van der Waals surface area contributed by atoms with Crippen LogP contribution in [0.15, 0.2) is 176 Å². The third-order valence-electron chi connectivity index (χ3n) is 26.4. The molecule has 26 atom stereocenters. The number of Topliss-reactive ketones (excluding diaryl/α,β-unsaturated/α-hetero) is 1. The quantitative estimate of drug-likeness (QED) is 0.0714. The van der Waals surface area contributed by atoms with Crippen molar-refractivity contribution in [1.82, 2.24) is 5.06 Å². The van der Waals surface area contributed by atoms with Crippen molar-refractivity contribution in [1.29, 1.82) is 0 Å². The van der Waals surface area contributed by atoms with Gasteiger partial charge in [-0.1, -0.05) is 154 Å². The van der Waals surface area contributed by atoms with Crippen molar-refractivity contribution < 1.29 is 122 Å². The fourth-order valence-electron chi connectivity index (χ4n) is 21.1. The highest BCUT2D eigenvalue weighted by atomic mass is 19.2. The molecule has 1 amide bonds. The van der Waals surface area contributed by atoms with E-state index in [4.69, 9.17) is 61.7 Å². The Balaban J connectivity index is 0.000000218. The number of hydrogen-bond donors (Lipinski definition) is 3. The summed E-state index contributed by atoms with van der Waals surface area (Å²) in [5, 5.41) is 29.9. The Bertz CT molecular complexity index is 5030. The molecule has 12 heterocycles. The molecule has 6 aromatic carbocycles. The van der Waals surface area contributed by atoms with E-state index < -0.39 is 106 Å². The largest absolute Gasteiger partial charge is 0.479 e. The lowest BCUT2D eigenvalue weighted by molar-refractivity contribution is -0.181. The van der Waals surface area contributed by atoms with Crippen molar-refractivity contribution in [3.8, 4) is 0 Å². The summed E-state index contributed by atoms with van der Waals surface area (Å²) in [4.78, 5) is 68.1. The van der Waals surface area contributed by atoms with Crippen LogP contribution in [-0.2, 0) is 109 Å². The number of nitrogens with zero attached hydrogens (tertiary/aromatic N) is 7. The van der Waals surface area contributed by atoms with Gasteiger partial charge in [0.15, 0.2) is 47.3 Å². The van der Waals surface area contributed by atoms with Crippen LogP contribution in [0, 0.1) is 70.4 Å². The molecule has 3 N–H and O–H groups in total. The van der Waals surface area contributed by atoms with Gasteiger partial charge in [0.1, 0.15) is 89.9 Å². The molecule has 134 heavy (non-hydrogen) atoms. The first-order chi connectivity index (χ1) is 60.7. The number of amides is 1. The molecule has 0 radical (unpaired) electrons. The van der Waals surface area contributed by atoms with Crippen LogP contribution in [0.3, 0.4) is 0 Å². The zero-order valence-electron chi connectivity index (χ0n) is 74.5. The number of hydroxylamine groups is 2. The van der Waals surface area contributed by atoms with Crippen LogP contribution in [0.5, 0.6) is 0 Å². The summed E-state index contributed by atoms with van der Waals surface area (Å²) in [6.45, 7) is 27.8. The number of carboxylic acid groups (broad SMARTS) is 1. The number of halogens is 7. The SMILES string of the molecule is C.C.C.C.C.C.CC(=O)[C@@H]1OC[C@H]2OC(C)=N[C@](C)(c3ccccc3F)[C@H]21.CC1=N[C@](C)(c2ccccc2F)[C@@H]2[C@@H](CO[C@H]2C(=O)O)O1.CC1=N[C@](C)(c2ccccc2F)[C@@H]2[C@@H](CO[C@H]2C(C)F)O1.CC1=N[C@](C)(c2ccccc2F)[C@@H]2[C@@H](CO[C@H]2C(C)O)O1.CC1=N[C@](C)(c2ccccc2F)[C@H]2[C@H](CO)OC[C@H]2O1.CON(C)C(=O)[C@@H]1OC[C@H]2OC(C)=N[C@](C)(c3ccccc3F)[C@H]21. The minimum absolute atomic E-state index is 0. The van der Waals surface area contributed by atoms with E-state index in [1.165, 1.54) is 64.4 Å². The number of rotatable bonds is 13. The second kappa shape index (κ2) is 44.8. The van der Waals surface area contributed by atoms with Gasteiger partial charge in [-0.3, -0.25) is 14.4 Å². The van der Waals surface area contributed by atoms with Crippen molar-refractivity contribution in [3.05, 3.63) is 214 Å². The van der Waals surface area contributed by atoms with Gasteiger partial charge >= 0.3 is 5.97 Å². The number of carbonyl (C=O) groups excluding carboxylic acids is 2. The van der Waals surface area contributed by atoms with E-state index in [2.05, 4.69) is 30.0 Å². The number of ketones is 1. The van der Waals surface area contributed by atoms with E-state index in [0.717, 1.165) is 5.06 Å². The number of carbonyl (C=O) groups is 3. The second-order valence-electron chi connectivity index (χ2n) is 34.9. The number of aliphatic imine (C=N–C) groups is 6. The van der Waals surface area contributed by atoms with Crippen molar-refractivity contribution >= 4 is 53.0 Å². The number of fused-ring (bicyclic) bond motifs is 6. The number of carboxylic acids is 1. The number of likely N-dealkylation sites (N-methyl/N-ethyl adjacent to an activating group) is 1. The normalized spacial score (nSPS) is 33.5. The molecule has 0 aromatic heterocycles. The average molecular weight is 1890 g/mol. The van der Waals surface area contributed by atoms with Crippen molar-refractivity contribution in [3.63, 3.8) is 0 Å². The summed E-state index contributed by atoms with van der Waals surface area (Å²) in [5.74, 6) is -2.76. The van der Waals surface area contributed by atoms with Gasteiger partial charge in [-0.2, -0.15) is 0 Å². The molecule has 0 spiro atoms. The standard InChI is InChI=1S/C17H21FN2O4.C16H19F2NO2.C16H20FNO3.C16H18FNO3.C15H16FNO4.C15H18FNO3.6CH4/c1-10-19-17(2,11-7-5-6-8-12(11)18)14-13(24-10)9-23-15(14)16(21)20(3)22-4;1-9(17)15-14-13(8-20-15)21-10(2)19-16(14,3)11-6-4-5-7-12(11)18;2*1-9(19)15-14-13(8-20-15)21-10(2)18-16(14,3)11-6-4-5-7-12(11)17;1-8-17-15(2,9-5-3-4-6-10(9)16)12-11(21-8)7-20-13(12)14(18)19;1-9-17-15(2,10-5-3-4-6-11(10)16)14-12(7-18)19-8-13(14)20-9;;;;;;/h5-8,13-15H,9H2,1-4H3;4-7,9,13-15H,8H2,1-3H3;4-7,9,13-15,19H,8H2,1-3H3;4-7,13-15H,8H2,1-3H3;3-6,11-13H,7H2,1-2H3,(H,18,19);3-6,12-14,18H,7-8H2,1-2H3;6*1H4/t13-,14-,15-,17-;2*9?,13-,14-,15+,16-;13-,14-,15+,16-;11-,12-,13-,15-;12-,13+,14-,15+;;;;;;/m111110....../s1. The number of alkyl halides is 1. The first-order valence-electron chi connectivity index (χ1n) is 42.7. The molecule has 12 aliphatic rings. The molecule has 6 aromatic rings. The number of aliphatic hydroxyl groups is 2. The molecule has 18 rings (SSSR count). The second-order valence-corrected chi connectivity index (χ2v) is 34.9. The van der Waals surface area contributed by atoms with Crippen LogP contribution in [0.25, 0.3) is 0 Å². The Hall–Kier alpha value is -10.1. The van der Waals surface area contributed by atoms with Gasteiger partial charge in [0.05, 0.1) is 147 Å². The molecule has 6 saturated heterocycles. The summed E-state index contributed by atoms with van der Waals surface area (Å²) >= 11 is 0. The van der Waals surface area contributed by atoms with Crippen LogP contribution in [0.4, 0.5) is 30.7 Å². The molecule has 0 aliphatic carbocycles. The Morgan fingerprint density at radius 2 is 0.619 bits per heavy atom. The Morgan fingerprint density at radius 1 is 0.388 bits per heavy atom. The van der Waals surface area contributed by atoms with Gasteiger partial charge in [0.2, 0.25) is 0 Å². The summed E-state index contributed by atoms with van der Waals surface area (Å²) in [5.41, 5.74) is -2.62. The van der Waals surface area contributed by atoms with Crippen LogP contribution in [-0.4, -0.2) is 219 Å². The van der Waals surface area contributed by atoms with Crippen LogP contribution >= 0.6 is 0 Å².